The van der Waals surface area contributed by atoms with Crippen LogP contribution in [0.3, 0.4) is 0 Å². The van der Waals surface area contributed by atoms with Crippen LogP contribution in [0.2, 0.25) is 4.34 Å². The van der Waals surface area contributed by atoms with E-state index in [4.69, 9.17) is 16.7 Å². The second-order valence-corrected chi connectivity index (χ2v) is 6.14. The lowest BCUT2D eigenvalue weighted by Crippen LogP contribution is -2.34. The van der Waals surface area contributed by atoms with E-state index in [0.717, 1.165) is 0 Å². The van der Waals surface area contributed by atoms with Crippen molar-refractivity contribution in [3.05, 3.63) is 21.3 Å². The van der Waals surface area contributed by atoms with E-state index in [1.54, 1.807) is 12.1 Å². The number of hydrogen-bond donors (Lipinski definition) is 2. The normalized spacial score (nSPS) is 11.5. The van der Waals surface area contributed by atoms with Crippen molar-refractivity contribution < 1.29 is 9.90 Å². The molecule has 0 saturated heterocycles. The fourth-order valence-corrected chi connectivity index (χ4v) is 2.19. The lowest BCUT2D eigenvalue weighted by molar-refractivity contribution is 0.0932. The van der Waals surface area contributed by atoms with Gasteiger partial charge in [-0.05, 0) is 24.0 Å². The van der Waals surface area contributed by atoms with Crippen molar-refractivity contribution in [1.82, 2.24) is 5.32 Å². The highest BCUT2D eigenvalue weighted by molar-refractivity contribution is 7.17. The molecule has 90 valence electrons. The fraction of sp³-hybridized carbons (Fsp3) is 0.545. The van der Waals surface area contributed by atoms with Gasteiger partial charge in [0.2, 0.25) is 0 Å². The molecule has 16 heavy (non-hydrogen) atoms. The van der Waals surface area contributed by atoms with Crippen molar-refractivity contribution in [2.45, 2.75) is 20.3 Å². The minimum atomic E-state index is -0.108. The van der Waals surface area contributed by atoms with E-state index >= 15 is 0 Å². The number of nitrogens with one attached hydrogen (secondary N) is 1. The van der Waals surface area contributed by atoms with Crippen molar-refractivity contribution in [1.29, 1.82) is 0 Å². The molecule has 0 aliphatic carbocycles. The van der Waals surface area contributed by atoms with Gasteiger partial charge in [0.15, 0.2) is 0 Å². The van der Waals surface area contributed by atoms with Crippen molar-refractivity contribution in [3.63, 3.8) is 0 Å². The molecule has 0 bridgehead atoms. The summed E-state index contributed by atoms with van der Waals surface area (Å²) in [5.41, 5.74) is -0.0918. The van der Waals surface area contributed by atoms with Gasteiger partial charge in [-0.2, -0.15) is 0 Å². The van der Waals surface area contributed by atoms with E-state index in [-0.39, 0.29) is 17.9 Å². The molecule has 0 saturated carbocycles. The quantitative estimate of drug-likeness (QED) is 0.856. The fourth-order valence-electron chi connectivity index (χ4n) is 1.23. The molecule has 0 aliphatic rings. The van der Waals surface area contributed by atoms with Crippen LogP contribution >= 0.6 is 22.9 Å². The van der Waals surface area contributed by atoms with Crippen LogP contribution in [0.1, 0.15) is 29.9 Å². The van der Waals surface area contributed by atoms with Gasteiger partial charge in [0, 0.05) is 13.2 Å². The van der Waals surface area contributed by atoms with Crippen LogP contribution in [-0.2, 0) is 0 Å². The first-order valence-electron chi connectivity index (χ1n) is 5.09. The van der Waals surface area contributed by atoms with E-state index in [9.17, 15) is 4.79 Å². The summed E-state index contributed by atoms with van der Waals surface area (Å²) in [5.74, 6) is -0.108. The number of hydrogen-bond acceptors (Lipinski definition) is 3. The van der Waals surface area contributed by atoms with E-state index in [1.807, 2.05) is 13.8 Å². The molecule has 1 aromatic heterocycles. The average molecular weight is 262 g/mol. The molecule has 0 unspecified atom stereocenters. The number of rotatable bonds is 5. The zero-order valence-electron chi connectivity index (χ0n) is 9.42. The highest BCUT2D eigenvalue weighted by Crippen LogP contribution is 2.22. The van der Waals surface area contributed by atoms with Crippen molar-refractivity contribution in [2.24, 2.45) is 5.41 Å². The highest BCUT2D eigenvalue weighted by Gasteiger charge is 2.19. The van der Waals surface area contributed by atoms with Gasteiger partial charge in [-0.25, -0.2) is 0 Å². The van der Waals surface area contributed by atoms with Gasteiger partial charge in [-0.15, -0.1) is 11.3 Å². The molecule has 0 spiro atoms. The van der Waals surface area contributed by atoms with E-state index in [0.29, 0.717) is 22.2 Å². The molecule has 0 fully saturated rings. The lowest BCUT2D eigenvalue weighted by Gasteiger charge is -2.23. The lowest BCUT2D eigenvalue weighted by atomic mass is 9.90. The molecule has 1 heterocycles. The molecule has 0 radical (unpaired) electrons. The van der Waals surface area contributed by atoms with E-state index in [1.165, 1.54) is 11.3 Å². The number of amides is 1. The summed E-state index contributed by atoms with van der Waals surface area (Å²) in [5, 5.41) is 11.7. The predicted octanol–water partition coefficient (Wildman–Crippen LogP) is 2.54. The Bertz CT molecular complexity index is 363. The molecular formula is C11H16ClNO2S. The summed E-state index contributed by atoms with van der Waals surface area (Å²) in [6, 6.07) is 3.42. The van der Waals surface area contributed by atoms with E-state index < -0.39 is 0 Å². The SMILES string of the molecule is CC(C)(CCO)CNC(=O)c1ccc(Cl)s1. The minimum Gasteiger partial charge on any atom is -0.396 e. The highest BCUT2D eigenvalue weighted by atomic mass is 35.5. The first-order chi connectivity index (χ1) is 7.44. The van der Waals surface area contributed by atoms with E-state index in [2.05, 4.69) is 5.32 Å². The first-order valence-corrected chi connectivity index (χ1v) is 6.28. The maximum absolute atomic E-state index is 11.7. The van der Waals surface area contributed by atoms with Crippen LogP contribution in [0.25, 0.3) is 0 Å². The van der Waals surface area contributed by atoms with Crippen LogP contribution in [0.15, 0.2) is 12.1 Å². The number of halogens is 1. The number of carbonyl (C=O) groups is 1. The number of aliphatic hydroxyl groups excluding tert-OH is 1. The molecule has 1 rings (SSSR count). The Morgan fingerprint density at radius 3 is 2.75 bits per heavy atom. The standard InChI is InChI=1S/C11H16ClNO2S/c1-11(2,5-6-14)7-13-10(15)8-3-4-9(12)16-8/h3-4,14H,5-7H2,1-2H3,(H,13,15). The maximum Gasteiger partial charge on any atom is 0.261 e. The summed E-state index contributed by atoms with van der Waals surface area (Å²) >= 11 is 7.01. The Morgan fingerprint density at radius 2 is 2.25 bits per heavy atom. The third-order valence-electron chi connectivity index (χ3n) is 2.31. The average Bonchev–Trinajstić information content (AvgIpc) is 2.61. The van der Waals surface area contributed by atoms with Crippen molar-refractivity contribution in [2.75, 3.05) is 13.2 Å². The summed E-state index contributed by atoms with van der Waals surface area (Å²) in [7, 11) is 0. The van der Waals surface area contributed by atoms with Gasteiger partial charge < -0.3 is 10.4 Å². The number of thiophene rings is 1. The monoisotopic (exact) mass is 261 g/mol. The Morgan fingerprint density at radius 1 is 1.56 bits per heavy atom. The molecule has 0 aromatic carbocycles. The Hall–Kier alpha value is -0.580. The molecule has 5 heteroatoms. The van der Waals surface area contributed by atoms with Crippen LogP contribution < -0.4 is 5.32 Å². The predicted molar refractivity (Wildman–Crippen MR) is 67.1 cm³/mol. The smallest absolute Gasteiger partial charge is 0.261 e. The number of carbonyl (C=O) groups excluding carboxylic acids is 1. The molecular weight excluding hydrogens is 246 g/mol. The summed E-state index contributed by atoms with van der Waals surface area (Å²) in [6.07, 6.45) is 0.665. The molecule has 1 aromatic rings. The van der Waals surface area contributed by atoms with Gasteiger partial charge in [0.25, 0.3) is 5.91 Å². The second-order valence-electron chi connectivity index (χ2n) is 4.42. The topological polar surface area (TPSA) is 49.3 Å². The third kappa shape index (κ3) is 4.12. The van der Waals surface area contributed by atoms with Crippen LogP contribution in [-0.4, -0.2) is 24.2 Å². The molecule has 0 aliphatic heterocycles. The molecule has 1 amide bonds. The Balaban J connectivity index is 2.47. The van der Waals surface area contributed by atoms with Crippen LogP contribution in [0.4, 0.5) is 0 Å². The Labute approximate surface area is 104 Å². The van der Waals surface area contributed by atoms with Gasteiger partial charge in [-0.1, -0.05) is 25.4 Å². The van der Waals surface area contributed by atoms with Gasteiger partial charge in [-0.3, -0.25) is 4.79 Å². The van der Waals surface area contributed by atoms with Crippen molar-refractivity contribution in [3.8, 4) is 0 Å². The Kier molecular flexibility index (Phi) is 4.77. The third-order valence-corrected chi connectivity index (χ3v) is 3.54. The van der Waals surface area contributed by atoms with Gasteiger partial charge in [0.05, 0.1) is 9.21 Å². The summed E-state index contributed by atoms with van der Waals surface area (Å²) in [4.78, 5) is 12.3. The molecule has 2 N–H and O–H groups in total. The van der Waals surface area contributed by atoms with Crippen molar-refractivity contribution >= 4 is 28.8 Å². The zero-order valence-corrected chi connectivity index (χ0v) is 11.0. The van der Waals surface area contributed by atoms with Gasteiger partial charge >= 0.3 is 0 Å². The first kappa shape index (κ1) is 13.5. The summed E-state index contributed by atoms with van der Waals surface area (Å²) < 4.78 is 0.611. The molecule has 3 nitrogen and oxygen atoms in total. The zero-order chi connectivity index (χ0) is 12.2. The van der Waals surface area contributed by atoms with Crippen LogP contribution in [0.5, 0.6) is 0 Å². The second kappa shape index (κ2) is 5.66. The number of aliphatic hydroxyl groups is 1. The van der Waals surface area contributed by atoms with Gasteiger partial charge in [0.1, 0.15) is 0 Å². The maximum atomic E-state index is 11.7. The van der Waals surface area contributed by atoms with Crippen LogP contribution in [0, 0.1) is 5.41 Å². The molecule has 0 atom stereocenters. The summed E-state index contributed by atoms with van der Waals surface area (Å²) in [6.45, 7) is 4.69. The largest absolute Gasteiger partial charge is 0.396 e. The minimum absolute atomic E-state index is 0.0918.